The van der Waals surface area contributed by atoms with Crippen LogP contribution in [0.5, 0.6) is 11.5 Å². The van der Waals surface area contributed by atoms with Crippen LogP contribution in [0.4, 0.5) is 11.5 Å². The summed E-state index contributed by atoms with van der Waals surface area (Å²) in [7, 11) is 0. The maximum atomic E-state index is 12.6. The highest BCUT2D eigenvalue weighted by molar-refractivity contribution is 5.93. The molecule has 7 nitrogen and oxygen atoms in total. The molecule has 25 heavy (non-hydrogen) atoms. The second-order valence-electron chi connectivity index (χ2n) is 6.12. The first kappa shape index (κ1) is 15.7. The standard InChI is InChI=1S/C18H20N4O3/c23-18(22-6-2-1-3-7-22)14-11-17(20-12-19-14)21-13-4-5-15-16(10-13)25-9-8-24-15/h4-5,10-12H,1-3,6-9H2,(H,19,20,21). The van der Waals surface area contributed by atoms with Gasteiger partial charge in [0, 0.05) is 30.9 Å². The van der Waals surface area contributed by atoms with E-state index in [1.807, 2.05) is 23.1 Å². The van der Waals surface area contributed by atoms with Crippen LogP contribution in [-0.2, 0) is 0 Å². The number of ether oxygens (including phenoxy) is 2. The van der Waals surface area contributed by atoms with Gasteiger partial charge < -0.3 is 19.7 Å². The number of likely N-dealkylation sites (tertiary alicyclic amines) is 1. The fraction of sp³-hybridized carbons (Fsp3) is 0.389. The highest BCUT2D eigenvalue weighted by Crippen LogP contribution is 2.33. The summed E-state index contributed by atoms with van der Waals surface area (Å²) in [6.45, 7) is 2.70. The first-order valence-electron chi connectivity index (χ1n) is 8.57. The summed E-state index contributed by atoms with van der Waals surface area (Å²) in [5.74, 6) is 1.98. The minimum Gasteiger partial charge on any atom is -0.486 e. The molecule has 0 atom stereocenters. The van der Waals surface area contributed by atoms with Crippen LogP contribution in [-0.4, -0.2) is 47.1 Å². The number of benzene rings is 1. The molecule has 0 unspecified atom stereocenters. The number of anilines is 2. The number of piperidine rings is 1. The van der Waals surface area contributed by atoms with Crippen LogP contribution in [0.2, 0.25) is 0 Å². The van der Waals surface area contributed by atoms with Crippen LogP contribution < -0.4 is 14.8 Å². The molecular formula is C18H20N4O3. The van der Waals surface area contributed by atoms with Crippen molar-refractivity contribution in [1.29, 1.82) is 0 Å². The summed E-state index contributed by atoms with van der Waals surface area (Å²) in [6, 6.07) is 7.30. The number of carbonyl (C=O) groups excluding carboxylic acids is 1. The average molecular weight is 340 g/mol. The molecule has 1 aromatic carbocycles. The van der Waals surface area contributed by atoms with Crippen LogP contribution in [0.1, 0.15) is 29.8 Å². The molecule has 1 amide bonds. The summed E-state index contributed by atoms with van der Waals surface area (Å²) in [5, 5.41) is 3.19. The molecule has 2 aromatic rings. The van der Waals surface area contributed by atoms with Gasteiger partial charge in [-0.2, -0.15) is 0 Å². The molecule has 0 aliphatic carbocycles. The van der Waals surface area contributed by atoms with Crippen molar-refractivity contribution in [2.24, 2.45) is 0 Å². The van der Waals surface area contributed by atoms with Gasteiger partial charge in [0.05, 0.1) is 0 Å². The van der Waals surface area contributed by atoms with Crippen molar-refractivity contribution in [1.82, 2.24) is 14.9 Å². The molecule has 1 N–H and O–H groups in total. The van der Waals surface area contributed by atoms with E-state index in [1.54, 1.807) is 6.07 Å². The van der Waals surface area contributed by atoms with Crippen molar-refractivity contribution in [2.75, 3.05) is 31.6 Å². The molecular weight excluding hydrogens is 320 g/mol. The van der Waals surface area contributed by atoms with Crippen molar-refractivity contribution in [3.05, 3.63) is 36.3 Å². The van der Waals surface area contributed by atoms with E-state index in [2.05, 4.69) is 15.3 Å². The molecule has 3 heterocycles. The quantitative estimate of drug-likeness (QED) is 0.925. The molecule has 2 aliphatic heterocycles. The van der Waals surface area contributed by atoms with Crippen molar-refractivity contribution in [2.45, 2.75) is 19.3 Å². The van der Waals surface area contributed by atoms with Gasteiger partial charge in [-0.25, -0.2) is 9.97 Å². The average Bonchev–Trinajstić information content (AvgIpc) is 2.68. The number of amides is 1. The second-order valence-corrected chi connectivity index (χ2v) is 6.12. The Morgan fingerprint density at radius 3 is 2.64 bits per heavy atom. The third kappa shape index (κ3) is 3.50. The molecule has 0 bridgehead atoms. The lowest BCUT2D eigenvalue weighted by atomic mass is 10.1. The fourth-order valence-corrected chi connectivity index (χ4v) is 3.07. The Morgan fingerprint density at radius 1 is 1.00 bits per heavy atom. The molecule has 1 aromatic heterocycles. The van der Waals surface area contributed by atoms with Gasteiger partial charge in [-0.3, -0.25) is 4.79 Å². The molecule has 0 spiro atoms. The molecule has 0 saturated carbocycles. The van der Waals surface area contributed by atoms with E-state index < -0.39 is 0 Å². The van der Waals surface area contributed by atoms with Crippen LogP contribution in [0, 0.1) is 0 Å². The van der Waals surface area contributed by atoms with Gasteiger partial charge in [-0.05, 0) is 31.4 Å². The lowest BCUT2D eigenvalue weighted by molar-refractivity contribution is 0.0718. The number of nitrogens with zero attached hydrogens (tertiary/aromatic N) is 3. The predicted octanol–water partition coefficient (Wildman–Crippen LogP) is 2.62. The summed E-state index contributed by atoms with van der Waals surface area (Å²) >= 11 is 0. The van der Waals surface area contributed by atoms with E-state index in [9.17, 15) is 4.79 Å². The zero-order valence-electron chi connectivity index (χ0n) is 13.9. The van der Waals surface area contributed by atoms with Crippen LogP contribution in [0.25, 0.3) is 0 Å². The molecule has 7 heteroatoms. The zero-order valence-corrected chi connectivity index (χ0v) is 13.9. The maximum Gasteiger partial charge on any atom is 0.272 e. The minimum atomic E-state index is -0.0349. The van der Waals surface area contributed by atoms with Gasteiger partial charge in [-0.15, -0.1) is 0 Å². The zero-order chi connectivity index (χ0) is 17.1. The molecule has 130 valence electrons. The Balaban J connectivity index is 1.50. The Labute approximate surface area is 146 Å². The van der Waals surface area contributed by atoms with Crippen LogP contribution in [0.15, 0.2) is 30.6 Å². The summed E-state index contributed by atoms with van der Waals surface area (Å²) in [4.78, 5) is 22.8. The Kier molecular flexibility index (Phi) is 4.37. The first-order valence-corrected chi connectivity index (χ1v) is 8.57. The molecule has 1 fully saturated rings. The Hall–Kier alpha value is -2.83. The molecule has 1 saturated heterocycles. The Bertz CT molecular complexity index is 775. The fourth-order valence-electron chi connectivity index (χ4n) is 3.07. The van der Waals surface area contributed by atoms with E-state index in [4.69, 9.17) is 9.47 Å². The van der Waals surface area contributed by atoms with Gasteiger partial charge in [0.1, 0.15) is 31.1 Å². The summed E-state index contributed by atoms with van der Waals surface area (Å²) in [6.07, 6.45) is 4.71. The minimum absolute atomic E-state index is 0.0349. The van der Waals surface area contributed by atoms with E-state index in [1.165, 1.54) is 12.7 Å². The lowest BCUT2D eigenvalue weighted by Crippen LogP contribution is -2.36. The summed E-state index contributed by atoms with van der Waals surface area (Å²) < 4.78 is 11.1. The lowest BCUT2D eigenvalue weighted by Gasteiger charge is -2.26. The number of hydrogen-bond donors (Lipinski definition) is 1. The molecule has 2 aliphatic rings. The molecule has 0 radical (unpaired) electrons. The summed E-state index contributed by atoms with van der Waals surface area (Å²) in [5.41, 5.74) is 1.23. The topological polar surface area (TPSA) is 76.6 Å². The number of hydrogen-bond acceptors (Lipinski definition) is 6. The van der Waals surface area contributed by atoms with E-state index in [-0.39, 0.29) is 5.91 Å². The van der Waals surface area contributed by atoms with Crippen molar-refractivity contribution in [3.8, 4) is 11.5 Å². The van der Waals surface area contributed by atoms with Crippen molar-refractivity contribution >= 4 is 17.4 Å². The number of carbonyl (C=O) groups is 1. The Morgan fingerprint density at radius 2 is 1.80 bits per heavy atom. The van der Waals surface area contributed by atoms with E-state index in [0.29, 0.717) is 30.5 Å². The number of nitrogens with one attached hydrogen (secondary N) is 1. The van der Waals surface area contributed by atoms with Gasteiger partial charge in [-0.1, -0.05) is 0 Å². The van der Waals surface area contributed by atoms with Gasteiger partial charge in [0.2, 0.25) is 0 Å². The molecule has 4 rings (SSSR count). The van der Waals surface area contributed by atoms with Crippen molar-refractivity contribution in [3.63, 3.8) is 0 Å². The van der Waals surface area contributed by atoms with Gasteiger partial charge in [0.25, 0.3) is 5.91 Å². The monoisotopic (exact) mass is 340 g/mol. The normalized spacial score (nSPS) is 16.4. The highest BCUT2D eigenvalue weighted by Gasteiger charge is 2.20. The smallest absolute Gasteiger partial charge is 0.272 e. The van der Waals surface area contributed by atoms with Gasteiger partial charge in [0.15, 0.2) is 11.5 Å². The van der Waals surface area contributed by atoms with E-state index in [0.717, 1.165) is 37.4 Å². The van der Waals surface area contributed by atoms with Gasteiger partial charge >= 0.3 is 0 Å². The number of fused-ring (bicyclic) bond motifs is 1. The van der Waals surface area contributed by atoms with Crippen molar-refractivity contribution < 1.29 is 14.3 Å². The van der Waals surface area contributed by atoms with Crippen LogP contribution >= 0.6 is 0 Å². The largest absolute Gasteiger partial charge is 0.486 e. The second kappa shape index (κ2) is 6.96. The SMILES string of the molecule is O=C(c1cc(Nc2ccc3c(c2)OCCO3)ncn1)N1CCCCC1. The predicted molar refractivity (Wildman–Crippen MR) is 92.5 cm³/mol. The maximum absolute atomic E-state index is 12.6. The van der Waals surface area contributed by atoms with E-state index >= 15 is 0 Å². The number of rotatable bonds is 3. The third-order valence-electron chi connectivity index (χ3n) is 4.34. The van der Waals surface area contributed by atoms with Crippen LogP contribution in [0.3, 0.4) is 0 Å². The number of aromatic nitrogens is 2. The highest BCUT2D eigenvalue weighted by atomic mass is 16.6. The first-order chi connectivity index (χ1) is 12.3. The third-order valence-corrected chi connectivity index (χ3v) is 4.34.